The topological polar surface area (TPSA) is 88.8 Å². The van der Waals surface area contributed by atoms with Crippen molar-refractivity contribution in [1.29, 1.82) is 0 Å². The molecular weight excluding hydrogens is 350 g/mol. The molecule has 7 heteroatoms. The lowest BCUT2D eigenvalue weighted by atomic mass is 9.87. The molecule has 3 aromatic rings. The van der Waals surface area contributed by atoms with E-state index in [-0.39, 0.29) is 11.4 Å². The van der Waals surface area contributed by atoms with E-state index in [9.17, 15) is 0 Å². The highest BCUT2D eigenvalue weighted by atomic mass is 35.5. The summed E-state index contributed by atoms with van der Waals surface area (Å²) in [5, 5.41) is 10.2. The van der Waals surface area contributed by atoms with Crippen LogP contribution < -0.4 is 15.8 Å². The molecule has 136 valence electrons. The van der Waals surface area contributed by atoms with Crippen molar-refractivity contribution in [2.75, 3.05) is 11.1 Å². The summed E-state index contributed by atoms with van der Waals surface area (Å²) in [6.07, 6.45) is 0. The van der Waals surface area contributed by atoms with Crippen molar-refractivity contribution in [2.24, 2.45) is 0 Å². The predicted octanol–water partition coefficient (Wildman–Crippen LogP) is 4.74. The third kappa shape index (κ3) is 4.26. The number of benzene rings is 2. The van der Waals surface area contributed by atoms with Crippen LogP contribution in [0.15, 0.2) is 42.5 Å². The van der Waals surface area contributed by atoms with E-state index in [1.165, 1.54) is 5.56 Å². The number of anilines is 2. The van der Waals surface area contributed by atoms with E-state index in [1.54, 1.807) is 0 Å². The van der Waals surface area contributed by atoms with E-state index < -0.39 is 0 Å². The number of rotatable bonds is 5. The number of nitrogens with one attached hydrogen (secondary N) is 2. The van der Waals surface area contributed by atoms with Gasteiger partial charge in [-0.3, -0.25) is 0 Å². The fraction of sp³-hybridized carbons (Fsp3) is 0.263. The average molecular weight is 372 g/mol. The largest absolute Gasteiger partial charge is 0.457 e. The molecule has 6 nitrogen and oxygen atoms in total. The number of H-pyrrole nitrogens is 1. The molecule has 0 aliphatic carbocycles. The van der Waals surface area contributed by atoms with Gasteiger partial charge in [0, 0.05) is 17.1 Å². The molecule has 4 N–H and O–H groups in total. The monoisotopic (exact) mass is 371 g/mol. The predicted molar refractivity (Wildman–Crippen MR) is 105 cm³/mol. The zero-order valence-electron chi connectivity index (χ0n) is 15.0. The van der Waals surface area contributed by atoms with Crippen molar-refractivity contribution in [1.82, 2.24) is 15.2 Å². The number of halogens is 1. The summed E-state index contributed by atoms with van der Waals surface area (Å²) >= 11 is 6.36. The van der Waals surface area contributed by atoms with Crippen molar-refractivity contribution in [2.45, 2.75) is 32.7 Å². The van der Waals surface area contributed by atoms with Crippen LogP contribution in [-0.4, -0.2) is 15.2 Å². The third-order valence-corrected chi connectivity index (χ3v) is 4.30. The lowest BCUT2D eigenvalue weighted by molar-refractivity contribution is 0.476. The molecule has 0 fully saturated rings. The van der Waals surface area contributed by atoms with E-state index >= 15 is 0 Å². The van der Waals surface area contributed by atoms with Crippen LogP contribution >= 0.6 is 11.6 Å². The molecule has 2 aromatic carbocycles. The standard InChI is InChI=1S/C19H22ClN5O/c1-19(2,3)12-7-9-13(10-8-12)26-16-6-4-5-15(20)14(16)11-22-18-23-17(21)24-25-18/h4-10H,11H2,1-3H3,(H4,21,22,23,24,25). The summed E-state index contributed by atoms with van der Waals surface area (Å²) < 4.78 is 6.05. The first kappa shape index (κ1) is 18.1. The van der Waals surface area contributed by atoms with Gasteiger partial charge in [0.1, 0.15) is 11.5 Å². The minimum atomic E-state index is 0.0993. The summed E-state index contributed by atoms with van der Waals surface area (Å²) in [6, 6.07) is 13.6. The van der Waals surface area contributed by atoms with Crippen molar-refractivity contribution in [3.05, 3.63) is 58.6 Å². The molecule has 0 unspecified atom stereocenters. The molecule has 0 atom stereocenters. The van der Waals surface area contributed by atoms with Gasteiger partial charge in [-0.05, 0) is 35.2 Å². The number of aromatic amines is 1. The summed E-state index contributed by atoms with van der Waals surface area (Å²) in [6.45, 7) is 6.95. The number of hydrogen-bond acceptors (Lipinski definition) is 5. The molecule has 1 heterocycles. The van der Waals surface area contributed by atoms with Crippen LogP contribution in [0.4, 0.5) is 11.9 Å². The number of nitrogens with zero attached hydrogens (tertiary/aromatic N) is 2. The van der Waals surface area contributed by atoms with Crippen LogP contribution in [0, 0.1) is 0 Å². The van der Waals surface area contributed by atoms with Crippen LogP contribution in [0.25, 0.3) is 0 Å². The molecule has 0 saturated carbocycles. The maximum Gasteiger partial charge on any atom is 0.243 e. The average Bonchev–Trinajstić information content (AvgIpc) is 2.99. The minimum absolute atomic E-state index is 0.0993. The maximum absolute atomic E-state index is 6.36. The van der Waals surface area contributed by atoms with Crippen molar-refractivity contribution in [3.8, 4) is 11.5 Å². The highest BCUT2D eigenvalue weighted by Crippen LogP contribution is 2.32. The van der Waals surface area contributed by atoms with Gasteiger partial charge >= 0.3 is 0 Å². The van der Waals surface area contributed by atoms with E-state index in [2.05, 4.69) is 53.4 Å². The van der Waals surface area contributed by atoms with Gasteiger partial charge < -0.3 is 15.8 Å². The molecule has 0 saturated heterocycles. The Morgan fingerprint density at radius 2 is 1.88 bits per heavy atom. The normalized spacial score (nSPS) is 11.4. The van der Waals surface area contributed by atoms with Gasteiger partial charge in [-0.2, -0.15) is 4.98 Å². The zero-order chi connectivity index (χ0) is 18.7. The second-order valence-corrected chi connectivity index (χ2v) is 7.40. The van der Waals surface area contributed by atoms with Gasteiger partial charge in [0.15, 0.2) is 0 Å². The van der Waals surface area contributed by atoms with Crippen LogP contribution in [0.1, 0.15) is 31.9 Å². The first-order valence-corrected chi connectivity index (χ1v) is 8.68. The summed E-state index contributed by atoms with van der Waals surface area (Å²) in [5.41, 5.74) is 7.70. The van der Waals surface area contributed by atoms with Gasteiger partial charge in [0.25, 0.3) is 0 Å². The Bertz CT molecular complexity index is 884. The molecular formula is C19H22ClN5O. The molecule has 0 aliphatic heterocycles. The Labute approximate surface area is 157 Å². The van der Waals surface area contributed by atoms with Crippen LogP contribution in [0.5, 0.6) is 11.5 Å². The second kappa shape index (κ2) is 7.25. The lowest BCUT2D eigenvalue weighted by Crippen LogP contribution is -2.10. The van der Waals surface area contributed by atoms with Crippen molar-refractivity contribution >= 4 is 23.5 Å². The van der Waals surface area contributed by atoms with Gasteiger partial charge in [0.05, 0.1) is 0 Å². The third-order valence-electron chi connectivity index (χ3n) is 3.95. The number of nitrogens with two attached hydrogens (primary N) is 1. The Kier molecular flexibility index (Phi) is 5.04. The maximum atomic E-state index is 6.36. The van der Waals surface area contributed by atoms with E-state index in [1.807, 2.05) is 30.3 Å². The molecule has 0 radical (unpaired) electrons. The zero-order valence-corrected chi connectivity index (χ0v) is 15.8. The van der Waals surface area contributed by atoms with Crippen molar-refractivity contribution in [3.63, 3.8) is 0 Å². The molecule has 0 bridgehead atoms. The fourth-order valence-corrected chi connectivity index (χ4v) is 2.71. The number of nitrogen functional groups attached to an aromatic ring is 1. The molecule has 1 aromatic heterocycles. The van der Waals surface area contributed by atoms with E-state index in [4.69, 9.17) is 22.1 Å². The van der Waals surface area contributed by atoms with Crippen LogP contribution in [0.3, 0.4) is 0 Å². The smallest absolute Gasteiger partial charge is 0.243 e. The fourth-order valence-electron chi connectivity index (χ4n) is 2.48. The second-order valence-electron chi connectivity index (χ2n) is 6.99. The quantitative estimate of drug-likeness (QED) is 0.602. The molecule has 3 rings (SSSR count). The van der Waals surface area contributed by atoms with E-state index in [0.717, 1.165) is 11.3 Å². The van der Waals surface area contributed by atoms with Crippen LogP contribution in [-0.2, 0) is 12.0 Å². The van der Waals surface area contributed by atoms with Gasteiger partial charge in [-0.25, -0.2) is 5.10 Å². The molecule has 0 spiro atoms. The van der Waals surface area contributed by atoms with Crippen molar-refractivity contribution < 1.29 is 4.74 Å². The Hall–Kier alpha value is -2.73. The highest BCUT2D eigenvalue weighted by Gasteiger charge is 2.14. The van der Waals surface area contributed by atoms with Gasteiger partial charge in [0.2, 0.25) is 11.9 Å². The molecule has 26 heavy (non-hydrogen) atoms. The molecule has 0 aliphatic rings. The number of hydrogen-bond donors (Lipinski definition) is 3. The van der Waals surface area contributed by atoms with E-state index in [0.29, 0.717) is 23.3 Å². The van der Waals surface area contributed by atoms with Crippen LogP contribution in [0.2, 0.25) is 5.02 Å². The SMILES string of the molecule is CC(C)(C)c1ccc(Oc2cccc(Cl)c2CNc2n[nH]c(N)n2)cc1. The Balaban J connectivity index is 1.78. The Morgan fingerprint density at radius 1 is 1.15 bits per heavy atom. The van der Waals surface area contributed by atoms with Gasteiger partial charge in [-0.15, -0.1) is 5.10 Å². The Morgan fingerprint density at radius 3 is 2.50 bits per heavy atom. The minimum Gasteiger partial charge on any atom is -0.457 e. The first-order chi connectivity index (χ1) is 12.3. The lowest BCUT2D eigenvalue weighted by Gasteiger charge is -2.19. The summed E-state index contributed by atoms with van der Waals surface area (Å²) in [4.78, 5) is 4.02. The summed E-state index contributed by atoms with van der Waals surface area (Å²) in [7, 11) is 0. The number of aromatic nitrogens is 3. The molecule has 0 amide bonds. The highest BCUT2D eigenvalue weighted by molar-refractivity contribution is 6.31. The summed E-state index contributed by atoms with van der Waals surface area (Å²) in [5.74, 6) is 2.09. The first-order valence-electron chi connectivity index (χ1n) is 8.30. The number of ether oxygens (including phenoxy) is 1. The van der Waals surface area contributed by atoms with Gasteiger partial charge in [-0.1, -0.05) is 50.6 Å².